The van der Waals surface area contributed by atoms with Crippen molar-refractivity contribution in [2.75, 3.05) is 36.4 Å². The van der Waals surface area contributed by atoms with E-state index in [0.29, 0.717) is 0 Å². The van der Waals surface area contributed by atoms with Gasteiger partial charge in [-0.15, -0.1) is 0 Å². The minimum Gasteiger partial charge on any atom is -0.354 e. The molecule has 0 saturated carbocycles. The lowest BCUT2D eigenvalue weighted by Gasteiger charge is -2.30. The molecule has 6 rings (SSSR count). The average Bonchev–Trinajstić information content (AvgIpc) is 3.50. The SMILES string of the molecule is CC1CCN(Cc2ccc3nc(Nc4nc5ccccc5nc4N4CCCC4)sc3c2)CC1. The molecule has 7 heteroatoms. The Kier molecular flexibility index (Phi) is 5.60. The molecule has 33 heavy (non-hydrogen) atoms. The van der Waals surface area contributed by atoms with E-state index in [4.69, 9.17) is 15.0 Å². The van der Waals surface area contributed by atoms with Crippen LogP contribution in [-0.2, 0) is 6.54 Å². The van der Waals surface area contributed by atoms with E-state index in [9.17, 15) is 0 Å². The molecule has 4 aromatic rings. The van der Waals surface area contributed by atoms with Crippen molar-refractivity contribution in [2.24, 2.45) is 5.92 Å². The molecule has 2 aliphatic heterocycles. The van der Waals surface area contributed by atoms with Gasteiger partial charge in [0.2, 0.25) is 0 Å². The Labute approximate surface area is 198 Å². The molecule has 2 aromatic heterocycles. The van der Waals surface area contributed by atoms with E-state index >= 15 is 0 Å². The number of fused-ring (bicyclic) bond motifs is 2. The van der Waals surface area contributed by atoms with Gasteiger partial charge in [-0.05, 0) is 74.5 Å². The van der Waals surface area contributed by atoms with E-state index in [1.807, 2.05) is 24.3 Å². The van der Waals surface area contributed by atoms with Crippen molar-refractivity contribution in [2.45, 2.75) is 39.2 Å². The Bertz CT molecular complexity index is 1270. The smallest absolute Gasteiger partial charge is 0.189 e. The second-order valence-electron chi connectivity index (χ2n) is 9.48. The lowest BCUT2D eigenvalue weighted by atomic mass is 9.99. The van der Waals surface area contributed by atoms with E-state index in [-0.39, 0.29) is 0 Å². The number of hydrogen-bond acceptors (Lipinski definition) is 7. The van der Waals surface area contributed by atoms with Gasteiger partial charge in [-0.1, -0.05) is 36.5 Å². The Balaban J connectivity index is 1.27. The van der Waals surface area contributed by atoms with Gasteiger partial charge in [0.25, 0.3) is 0 Å². The van der Waals surface area contributed by atoms with Crippen LogP contribution in [0.1, 0.15) is 38.2 Å². The zero-order valence-corrected chi connectivity index (χ0v) is 19.9. The molecular weight excluding hydrogens is 428 g/mol. The van der Waals surface area contributed by atoms with E-state index in [2.05, 4.69) is 40.2 Å². The highest BCUT2D eigenvalue weighted by Gasteiger charge is 2.21. The number of piperidine rings is 1. The summed E-state index contributed by atoms with van der Waals surface area (Å²) in [6, 6.07) is 14.8. The summed E-state index contributed by atoms with van der Waals surface area (Å²) in [5.74, 6) is 2.60. The quantitative estimate of drug-likeness (QED) is 0.407. The standard InChI is InChI=1S/C26H30N6S/c1-18-10-14-31(15-11-18)17-19-8-9-22-23(16-19)33-26(29-22)30-24-25(32-12-4-5-13-32)28-21-7-3-2-6-20(21)27-24/h2-3,6-9,16,18H,4-5,10-15,17H2,1H3,(H,27,29,30). The number of aromatic nitrogens is 3. The minimum absolute atomic E-state index is 0.803. The number of likely N-dealkylation sites (tertiary alicyclic amines) is 1. The molecule has 0 bridgehead atoms. The Morgan fingerprint density at radius 1 is 0.909 bits per heavy atom. The van der Waals surface area contributed by atoms with Gasteiger partial charge in [0.1, 0.15) is 0 Å². The van der Waals surface area contributed by atoms with Gasteiger partial charge >= 0.3 is 0 Å². The summed E-state index contributed by atoms with van der Waals surface area (Å²) in [5, 5.41) is 4.39. The zero-order chi connectivity index (χ0) is 22.2. The van der Waals surface area contributed by atoms with Crippen molar-refractivity contribution >= 4 is 49.4 Å². The highest BCUT2D eigenvalue weighted by Crippen LogP contribution is 2.34. The van der Waals surface area contributed by atoms with Crippen LogP contribution in [0.15, 0.2) is 42.5 Å². The summed E-state index contributed by atoms with van der Waals surface area (Å²) in [6.07, 6.45) is 5.02. The lowest BCUT2D eigenvalue weighted by molar-refractivity contribution is 0.185. The van der Waals surface area contributed by atoms with Crippen molar-refractivity contribution < 1.29 is 0 Å². The Morgan fingerprint density at radius 3 is 2.45 bits per heavy atom. The molecule has 2 aliphatic rings. The lowest BCUT2D eigenvalue weighted by Crippen LogP contribution is -2.32. The molecule has 0 radical (unpaired) electrons. The molecule has 2 aromatic carbocycles. The van der Waals surface area contributed by atoms with Crippen molar-refractivity contribution in [3.8, 4) is 0 Å². The number of nitrogens with one attached hydrogen (secondary N) is 1. The predicted molar refractivity (Wildman–Crippen MR) is 138 cm³/mol. The first-order chi connectivity index (χ1) is 16.2. The molecule has 2 fully saturated rings. The number of rotatable bonds is 5. The van der Waals surface area contributed by atoms with E-state index in [1.165, 1.54) is 49.0 Å². The van der Waals surface area contributed by atoms with Gasteiger partial charge in [-0.2, -0.15) is 0 Å². The van der Waals surface area contributed by atoms with Crippen LogP contribution in [0.25, 0.3) is 21.3 Å². The largest absolute Gasteiger partial charge is 0.354 e. The van der Waals surface area contributed by atoms with Gasteiger partial charge in [0, 0.05) is 19.6 Å². The van der Waals surface area contributed by atoms with Crippen LogP contribution in [-0.4, -0.2) is 46.0 Å². The molecule has 0 atom stereocenters. The number of thiazole rings is 1. The van der Waals surface area contributed by atoms with Crippen LogP contribution >= 0.6 is 11.3 Å². The number of anilines is 3. The van der Waals surface area contributed by atoms with E-state index < -0.39 is 0 Å². The topological polar surface area (TPSA) is 57.2 Å². The summed E-state index contributed by atoms with van der Waals surface area (Å²) in [5.41, 5.74) is 4.25. The average molecular weight is 459 g/mol. The van der Waals surface area contributed by atoms with Crippen LogP contribution in [0.2, 0.25) is 0 Å². The first-order valence-electron chi connectivity index (χ1n) is 12.1. The molecule has 6 nitrogen and oxygen atoms in total. The molecule has 2 saturated heterocycles. The fraction of sp³-hybridized carbons (Fsp3) is 0.423. The molecule has 0 amide bonds. The summed E-state index contributed by atoms with van der Waals surface area (Å²) in [7, 11) is 0. The molecule has 170 valence electrons. The predicted octanol–water partition coefficient (Wildman–Crippen LogP) is 5.82. The normalized spacial score (nSPS) is 17.9. The van der Waals surface area contributed by atoms with Crippen LogP contribution in [0.4, 0.5) is 16.8 Å². The van der Waals surface area contributed by atoms with Crippen LogP contribution in [0, 0.1) is 5.92 Å². The molecule has 0 unspecified atom stereocenters. The Hall–Kier alpha value is -2.77. The fourth-order valence-corrected chi connectivity index (χ4v) is 5.85. The number of hydrogen-bond donors (Lipinski definition) is 1. The number of benzene rings is 2. The monoisotopic (exact) mass is 458 g/mol. The third-order valence-electron chi connectivity index (χ3n) is 6.92. The van der Waals surface area contributed by atoms with Crippen LogP contribution in [0.3, 0.4) is 0 Å². The van der Waals surface area contributed by atoms with Gasteiger partial charge < -0.3 is 10.2 Å². The molecule has 0 aliphatic carbocycles. The molecule has 4 heterocycles. The third-order valence-corrected chi connectivity index (χ3v) is 7.85. The van der Waals surface area contributed by atoms with Crippen LogP contribution < -0.4 is 10.2 Å². The summed E-state index contributed by atoms with van der Waals surface area (Å²) < 4.78 is 1.22. The van der Waals surface area contributed by atoms with Gasteiger partial charge in [0.15, 0.2) is 16.8 Å². The first kappa shape index (κ1) is 20.8. The highest BCUT2D eigenvalue weighted by atomic mass is 32.1. The fourth-order valence-electron chi connectivity index (χ4n) is 4.92. The summed E-state index contributed by atoms with van der Waals surface area (Å²) >= 11 is 1.70. The summed E-state index contributed by atoms with van der Waals surface area (Å²) in [4.78, 5) is 19.7. The van der Waals surface area contributed by atoms with Crippen LogP contribution in [0.5, 0.6) is 0 Å². The molecular formula is C26H30N6S. The zero-order valence-electron chi connectivity index (χ0n) is 19.1. The minimum atomic E-state index is 0.803. The Morgan fingerprint density at radius 2 is 1.67 bits per heavy atom. The maximum atomic E-state index is 4.96. The second kappa shape index (κ2) is 8.88. The van der Waals surface area contributed by atoms with Crippen molar-refractivity contribution in [1.29, 1.82) is 0 Å². The molecule has 1 N–H and O–H groups in total. The maximum absolute atomic E-state index is 4.96. The number of nitrogens with zero attached hydrogens (tertiary/aromatic N) is 5. The van der Waals surface area contributed by atoms with Gasteiger partial charge in [-0.25, -0.2) is 15.0 Å². The van der Waals surface area contributed by atoms with Gasteiger partial charge in [-0.3, -0.25) is 4.90 Å². The van der Waals surface area contributed by atoms with E-state index in [1.54, 1.807) is 11.3 Å². The first-order valence-corrected chi connectivity index (χ1v) is 12.9. The van der Waals surface area contributed by atoms with Crippen molar-refractivity contribution in [3.63, 3.8) is 0 Å². The van der Waals surface area contributed by atoms with Gasteiger partial charge in [0.05, 0.1) is 21.3 Å². The number of para-hydroxylation sites is 2. The summed E-state index contributed by atoms with van der Waals surface area (Å²) in [6.45, 7) is 7.85. The highest BCUT2D eigenvalue weighted by molar-refractivity contribution is 7.22. The van der Waals surface area contributed by atoms with E-state index in [0.717, 1.165) is 58.9 Å². The second-order valence-corrected chi connectivity index (χ2v) is 10.5. The van der Waals surface area contributed by atoms with Crippen molar-refractivity contribution in [1.82, 2.24) is 19.9 Å². The molecule has 0 spiro atoms. The third kappa shape index (κ3) is 4.39. The van der Waals surface area contributed by atoms with Crippen molar-refractivity contribution in [3.05, 3.63) is 48.0 Å². The maximum Gasteiger partial charge on any atom is 0.189 e.